The number of rotatable bonds is 23. The summed E-state index contributed by atoms with van der Waals surface area (Å²) in [7, 11) is -1.70. The van der Waals surface area contributed by atoms with Crippen molar-refractivity contribution in [3.63, 3.8) is 0 Å². The van der Waals surface area contributed by atoms with E-state index in [0.717, 1.165) is 59.1 Å². The van der Waals surface area contributed by atoms with E-state index in [9.17, 15) is 13.2 Å². The summed E-state index contributed by atoms with van der Waals surface area (Å²) in [5.41, 5.74) is 5.27. The van der Waals surface area contributed by atoms with Crippen LogP contribution in [0.3, 0.4) is 0 Å². The maximum absolute atomic E-state index is 14.5. The molecule has 13 heteroatoms. The van der Waals surface area contributed by atoms with Crippen LogP contribution in [0.1, 0.15) is 198 Å². The van der Waals surface area contributed by atoms with E-state index in [-0.39, 0.29) is 47.3 Å². The molecule has 0 aromatic heterocycles. The molecule has 70 heavy (non-hydrogen) atoms. The normalized spacial score (nSPS) is 20.2. The molecule has 3 aromatic rings. The van der Waals surface area contributed by atoms with Gasteiger partial charge in [-0.1, -0.05) is 149 Å². The van der Waals surface area contributed by atoms with Gasteiger partial charge in [-0.25, -0.2) is 9.37 Å². The van der Waals surface area contributed by atoms with Gasteiger partial charge in [0.2, 0.25) is 5.36 Å². The lowest BCUT2D eigenvalue weighted by Gasteiger charge is -2.43. The number of carbonyl (C=O) groups is 1. The molecule has 0 saturated carbocycles. The van der Waals surface area contributed by atoms with E-state index in [4.69, 9.17) is 55.9 Å². The Bertz CT molecular complexity index is 2820. The molecule has 0 bridgehead atoms. The number of sulfonamides is 1. The van der Waals surface area contributed by atoms with Gasteiger partial charge in [0.25, 0.3) is 5.37 Å². The molecule has 8 nitrogen and oxygen atoms in total. The fourth-order valence-electron chi connectivity index (χ4n) is 11.8. The highest BCUT2D eigenvalue weighted by Gasteiger charge is 2.73. The van der Waals surface area contributed by atoms with Gasteiger partial charge in [-0.2, -0.15) is 12.3 Å². The predicted octanol–water partition coefficient (Wildman–Crippen LogP) is 14.9. The molecule has 4 aliphatic rings. The van der Waals surface area contributed by atoms with Crippen molar-refractivity contribution < 1.29 is 26.6 Å². The number of allylic oxidation sites excluding steroid dienone is 1. The van der Waals surface area contributed by atoms with Gasteiger partial charge in [-0.3, -0.25) is 0 Å². The largest absolute Gasteiger partial charge is 0.462 e. The SMILES string of the molecule is CCCCCCCCCCCCCCCCCC[N+]1(C)C(C2=CC(C)(C)[N+](CC)=c3cc4c(cc32)=C(c2c(Cl)c(Cl)c(Cl)c(Cl)c2C(=O)OCC)c2cc3c(cc2O4)N(CC)C(C)(C)C=C3C)S1(=O)=O. The third-order valence-electron chi connectivity index (χ3n) is 15.4. The Hall–Kier alpha value is -3.05. The minimum Gasteiger partial charge on any atom is -0.462 e. The topological polar surface area (TPSA) is 75.9 Å². The van der Waals surface area contributed by atoms with Crippen molar-refractivity contribution in [2.75, 3.05) is 38.2 Å². The van der Waals surface area contributed by atoms with E-state index >= 15 is 0 Å². The standard InChI is InChI=1S/C57H77Cl4N3O5S/c1-11-15-16-17-18-19-20-21-22-23-24-25-26-27-28-29-30-64(10)54(70(64,66)67)42-36-57(8,9)63(13-3)44-34-46-41(32-39(42)44)47(48-49(55(65)68-14-4)51(59)53(61)52(60)50(48)58)40-31-38-37(5)35-56(6,7)62(12-2)43(38)33-45(40)69-46/h31-36,54H,11-30H2,1-10H3/q+2. The van der Waals surface area contributed by atoms with Crippen LogP contribution in [-0.4, -0.2) is 68.0 Å². The average molecular weight is 1060 g/mol. The van der Waals surface area contributed by atoms with Gasteiger partial charge in [-0.05, 0) is 78.2 Å². The van der Waals surface area contributed by atoms with Crippen LogP contribution in [0.5, 0.6) is 11.5 Å². The molecule has 7 rings (SSSR count). The number of carbonyl (C=O) groups excluding carboxylic acids is 1. The van der Waals surface area contributed by atoms with Crippen molar-refractivity contribution in [3.05, 3.63) is 94.9 Å². The molecule has 0 N–H and O–H groups in total. The van der Waals surface area contributed by atoms with E-state index in [1.807, 2.05) is 19.2 Å². The zero-order valence-corrected chi connectivity index (χ0v) is 47.3. The molecule has 4 aliphatic heterocycles. The maximum atomic E-state index is 14.5. The van der Waals surface area contributed by atoms with E-state index in [2.05, 4.69) is 89.2 Å². The number of quaternary nitrogens is 1. The van der Waals surface area contributed by atoms with Crippen molar-refractivity contribution in [1.29, 1.82) is 0 Å². The van der Waals surface area contributed by atoms with Gasteiger partial charge in [-0.15, -0.1) is 0 Å². The second-order valence-corrected chi connectivity index (χ2v) is 25.0. The van der Waals surface area contributed by atoms with Gasteiger partial charge < -0.3 is 14.4 Å². The van der Waals surface area contributed by atoms with Crippen LogP contribution < -0.4 is 24.8 Å². The number of likely N-dealkylation sites (N-methyl/N-ethyl adjacent to an activating group) is 3. The van der Waals surface area contributed by atoms with Crippen molar-refractivity contribution in [1.82, 2.24) is 4.58 Å². The zero-order valence-electron chi connectivity index (χ0n) is 43.5. The first-order chi connectivity index (χ1) is 33.2. The predicted molar refractivity (Wildman–Crippen MR) is 294 cm³/mol. The van der Waals surface area contributed by atoms with Crippen LogP contribution in [0.25, 0.3) is 16.7 Å². The molecule has 3 aromatic carbocycles. The smallest absolute Gasteiger partial charge is 0.357 e. The van der Waals surface area contributed by atoms with Crippen molar-refractivity contribution >= 4 is 84.8 Å². The number of fused-ring (bicyclic) bond motifs is 4. The second-order valence-electron chi connectivity index (χ2n) is 21.2. The van der Waals surface area contributed by atoms with Gasteiger partial charge >= 0.3 is 16.0 Å². The van der Waals surface area contributed by atoms with E-state index in [0.29, 0.717) is 40.9 Å². The number of nitrogens with zero attached hydrogens (tertiary/aromatic N) is 3. The lowest BCUT2D eigenvalue weighted by molar-refractivity contribution is -0.722. The molecular weight excluding hydrogens is 981 g/mol. The number of halogens is 4. The first kappa shape index (κ1) is 54.7. The Balaban J connectivity index is 1.26. The van der Waals surface area contributed by atoms with Crippen LogP contribution in [0.2, 0.25) is 20.1 Å². The van der Waals surface area contributed by atoms with Crippen molar-refractivity contribution in [3.8, 4) is 11.5 Å². The van der Waals surface area contributed by atoms with Gasteiger partial charge in [0.15, 0.2) is 5.54 Å². The van der Waals surface area contributed by atoms with Crippen LogP contribution in [0.15, 0.2) is 36.4 Å². The minimum atomic E-state index is -3.58. The zero-order chi connectivity index (χ0) is 50.9. The van der Waals surface area contributed by atoms with E-state index in [1.165, 1.54) is 83.5 Å². The highest BCUT2D eigenvalue weighted by atomic mass is 35.5. The Morgan fingerprint density at radius 2 is 1.30 bits per heavy atom. The first-order valence-corrected chi connectivity index (χ1v) is 29.3. The van der Waals surface area contributed by atoms with Crippen LogP contribution in [0.4, 0.5) is 5.69 Å². The molecular formula is C57H77Cl4N3O5S+2. The third kappa shape index (κ3) is 10.4. The summed E-state index contributed by atoms with van der Waals surface area (Å²) in [4.78, 5) is 16.5. The summed E-state index contributed by atoms with van der Waals surface area (Å²) >= 11 is 28.0. The number of hydrogen-bond donors (Lipinski definition) is 0. The summed E-state index contributed by atoms with van der Waals surface area (Å²) in [6, 6.07) is 8.19. The van der Waals surface area contributed by atoms with E-state index < -0.39 is 26.9 Å². The number of benzene rings is 3. The quantitative estimate of drug-likeness (QED) is 0.0140. The highest BCUT2D eigenvalue weighted by Crippen LogP contribution is 2.52. The molecule has 0 aliphatic carbocycles. The Morgan fingerprint density at radius 1 is 0.729 bits per heavy atom. The molecule has 0 amide bonds. The number of esters is 1. The fraction of sp³-hybridized carbons (Fsp3) is 0.579. The number of hydrogen-bond acceptors (Lipinski definition) is 6. The Kier molecular flexibility index (Phi) is 17.4. The number of unbranched alkanes of at least 4 members (excludes halogenated alkanes) is 15. The molecule has 0 spiro atoms. The monoisotopic (exact) mass is 1060 g/mol. The molecule has 2 atom stereocenters. The van der Waals surface area contributed by atoms with Gasteiger partial charge in [0, 0.05) is 65.2 Å². The summed E-state index contributed by atoms with van der Waals surface area (Å²) in [6.45, 7) is 21.0. The third-order valence-corrected chi connectivity index (χ3v) is 19.8. The van der Waals surface area contributed by atoms with Crippen molar-refractivity contribution in [2.24, 2.45) is 0 Å². The number of ether oxygens (including phenoxy) is 2. The molecule has 4 heterocycles. The van der Waals surface area contributed by atoms with Crippen LogP contribution in [0, 0.1) is 0 Å². The molecule has 2 unspecified atom stereocenters. The van der Waals surface area contributed by atoms with Crippen molar-refractivity contribution in [2.45, 2.75) is 181 Å². The first-order valence-electron chi connectivity index (χ1n) is 26.2. The molecule has 0 radical (unpaired) electrons. The molecule has 1 saturated heterocycles. The summed E-state index contributed by atoms with van der Waals surface area (Å²) in [6.07, 6.45) is 24.6. The van der Waals surface area contributed by atoms with E-state index in [1.54, 1.807) is 6.92 Å². The second kappa shape index (κ2) is 22.2. The van der Waals surface area contributed by atoms with Crippen LogP contribution in [-0.2, 0) is 14.8 Å². The number of anilines is 1. The van der Waals surface area contributed by atoms with Crippen LogP contribution >= 0.6 is 46.4 Å². The highest BCUT2D eigenvalue weighted by molar-refractivity contribution is 7.92. The lowest BCUT2D eigenvalue weighted by Crippen LogP contribution is -2.50. The minimum absolute atomic E-state index is 0.00454. The molecule has 382 valence electrons. The molecule has 1 fully saturated rings. The Morgan fingerprint density at radius 3 is 1.86 bits per heavy atom. The average Bonchev–Trinajstić information content (AvgIpc) is 3.75. The summed E-state index contributed by atoms with van der Waals surface area (Å²) in [5, 5.41) is 0.602. The fourth-order valence-corrected chi connectivity index (χ4v) is 15.0. The van der Waals surface area contributed by atoms with Gasteiger partial charge in [0.1, 0.15) is 18.0 Å². The summed E-state index contributed by atoms with van der Waals surface area (Å²) in [5.74, 6) is 0.362. The maximum Gasteiger partial charge on any atom is 0.357 e. The Labute approximate surface area is 439 Å². The summed E-state index contributed by atoms with van der Waals surface area (Å²) < 4.78 is 43.9. The van der Waals surface area contributed by atoms with Gasteiger partial charge in [0.05, 0.1) is 63.0 Å². The lowest BCUT2D eigenvalue weighted by atomic mass is 9.83.